The lowest BCUT2D eigenvalue weighted by atomic mass is 9.88. The summed E-state index contributed by atoms with van der Waals surface area (Å²) in [5, 5.41) is 13.4. The average molecular weight is 412 g/mol. The van der Waals surface area contributed by atoms with Crippen LogP contribution in [0, 0.1) is 11.7 Å². The Morgan fingerprint density at radius 3 is 2.58 bits per heavy atom. The lowest BCUT2D eigenvalue weighted by Crippen LogP contribution is -2.24. The number of ketones is 1. The van der Waals surface area contributed by atoms with Gasteiger partial charge in [-0.3, -0.25) is 4.79 Å². The van der Waals surface area contributed by atoms with E-state index < -0.39 is 0 Å². The number of nitrogens with zero attached hydrogens (tertiary/aromatic N) is 4. The summed E-state index contributed by atoms with van der Waals surface area (Å²) in [5.74, 6) is -0.244. The quantitative estimate of drug-likeness (QED) is 0.476. The van der Waals surface area contributed by atoms with E-state index in [0.29, 0.717) is 30.6 Å². The van der Waals surface area contributed by atoms with Gasteiger partial charge >= 0.3 is 0 Å². The van der Waals surface area contributed by atoms with Crippen molar-refractivity contribution in [2.75, 3.05) is 0 Å². The van der Waals surface area contributed by atoms with Gasteiger partial charge in [-0.25, -0.2) is 8.91 Å². The fourth-order valence-electron chi connectivity index (χ4n) is 4.15. The number of allylic oxidation sites excluding steroid dienone is 1. The lowest BCUT2D eigenvalue weighted by Gasteiger charge is -2.20. The molecule has 0 saturated heterocycles. The Hall–Kier alpha value is -3.67. The summed E-state index contributed by atoms with van der Waals surface area (Å²) >= 11 is 0. The maximum absolute atomic E-state index is 13.4. The standard InChI is InChI=1S/C25H21FN4O/c1-2-20-23(18-10-12-19(26)13-11-18)25-28-27-24-21(30(25)29-20)14-17(15-22(24)31)9-8-16-6-4-3-5-7-16/h3-13,17H,2,14-15H2,1H3/b9-8+. The van der Waals surface area contributed by atoms with Crippen LogP contribution < -0.4 is 0 Å². The second-order valence-corrected chi connectivity index (χ2v) is 7.77. The van der Waals surface area contributed by atoms with Crippen LogP contribution in [0.5, 0.6) is 0 Å². The smallest absolute Gasteiger partial charge is 0.185 e. The van der Waals surface area contributed by atoms with Crippen LogP contribution in [0.1, 0.15) is 40.8 Å². The van der Waals surface area contributed by atoms with Gasteiger partial charge in [-0.2, -0.15) is 5.10 Å². The highest BCUT2D eigenvalue weighted by atomic mass is 19.1. The van der Waals surface area contributed by atoms with Crippen molar-refractivity contribution in [3.05, 3.63) is 89.1 Å². The van der Waals surface area contributed by atoms with Gasteiger partial charge in [0.15, 0.2) is 17.1 Å². The molecule has 6 heteroatoms. The number of carbonyl (C=O) groups is 1. The number of hydrogen-bond donors (Lipinski definition) is 0. The molecule has 0 bridgehead atoms. The Labute approximate surface area is 179 Å². The maximum Gasteiger partial charge on any atom is 0.185 e. The zero-order valence-corrected chi connectivity index (χ0v) is 17.1. The lowest BCUT2D eigenvalue weighted by molar-refractivity contribution is 0.0950. The monoisotopic (exact) mass is 412 g/mol. The summed E-state index contributed by atoms with van der Waals surface area (Å²) < 4.78 is 15.2. The number of aryl methyl sites for hydroxylation is 1. The second kappa shape index (κ2) is 7.87. The van der Waals surface area contributed by atoms with Crippen molar-refractivity contribution in [1.82, 2.24) is 19.8 Å². The van der Waals surface area contributed by atoms with E-state index in [2.05, 4.69) is 22.3 Å². The Morgan fingerprint density at radius 1 is 1.06 bits per heavy atom. The molecule has 0 aliphatic heterocycles. The van der Waals surface area contributed by atoms with Crippen LogP contribution in [0.4, 0.5) is 4.39 Å². The highest BCUT2D eigenvalue weighted by molar-refractivity contribution is 5.97. The van der Waals surface area contributed by atoms with Crippen molar-refractivity contribution in [2.24, 2.45) is 5.92 Å². The van der Waals surface area contributed by atoms with Crippen molar-refractivity contribution in [3.63, 3.8) is 0 Å². The zero-order valence-electron chi connectivity index (χ0n) is 17.1. The van der Waals surface area contributed by atoms with Crippen molar-refractivity contribution in [1.29, 1.82) is 0 Å². The molecular weight excluding hydrogens is 391 g/mol. The Bertz CT molecular complexity index is 1290. The first-order valence-electron chi connectivity index (χ1n) is 10.4. The maximum atomic E-state index is 13.4. The van der Waals surface area contributed by atoms with Crippen LogP contribution in [0.2, 0.25) is 0 Å². The molecule has 1 unspecified atom stereocenters. The summed E-state index contributed by atoms with van der Waals surface area (Å²) in [7, 11) is 0. The Kier molecular flexibility index (Phi) is 4.90. The molecule has 2 aromatic heterocycles. The summed E-state index contributed by atoms with van der Waals surface area (Å²) in [4.78, 5) is 12.8. The number of carbonyl (C=O) groups excluding carboxylic acids is 1. The molecule has 2 heterocycles. The molecule has 0 saturated carbocycles. The van der Waals surface area contributed by atoms with Crippen LogP contribution in [0.15, 0.2) is 60.7 Å². The number of benzene rings is 2. The van der Waals surface area contributed by atoms with Gasteiger partial charge < -0.3 is 0 Å². The van der Waals surface area contributed by atoms with Crippen molar-refractivity contribution in [3.8, 4) is 11.1 Å². The van der Waals surface area contributed by atoms with E-state index in [4.69, 9.17) is 5.10 Å². The Balaban J connectivity index is 1.58. The van der Waals surface area contributed by atoms with Crippen molar-refractivity contribution < 1.29 is 9.18 Å². The largest absolute Gasteiger partial charge is 0.292 e. The summed E-state index contributed by atoms with van der Waals surface area (Å²) in [6, 6.07) is 16.3. The van der Waals surface area contributed by atoms with E-state index in [-0.39, 0.29) is 17.5 Å². The Morgan fingerprint density at radius 2 is 1.84 bits per heavy atom. The number of halogens is 1. The molecule has 2 aromatic carbocycles. The number of rotatable bonds is 4. The van der Waals surface area contributed by atoms with E-state index in [0.717, 1.165) is 28.1 Å². The van der Waals surface area contributed by atoms with E-state index in [1.807, 2.05) is 37.3 Å². The third kappa shape index (κ3) is 3.54. The van der Waals surface area contributed by atoms with E-state index in [1.54, 1.807) is 16.6 Å². The van der Waals surface area contributed by atoms with Gasteiger partial charge in [-0.05, 0) is 42.0 Å². The molecule has 5 nitrogen and oxygen atoms in total. The van der Waals surface area contributed by atoms with Gasteiger partial charge in [0.25, 0.3) is 0 Å². The molecule has 1 aliphatic rings. The minimum Gasteiger partial charge on any atom is -0.292 e. The van der Waals surface area contributed by atoms with Gasteiger partial charge in [0, 0.05) is 6.42 Å². The molecule has 31 heavy (non-hydrogen) atoms. The van der Waals surface area contributed by atoms with E-state index in [9.17, 15) is 9.18 Å². The highest BCUT2D eigenvalue weighted by Crippen LogP contribution is 2.32. The molecule has 0 amide bonds. The molecule has 0 fully saturated rings. The average Bonchev–Trinajstić information content (AvgIpc) is 3.18. The fraction of sp³-hybridized carbons (Fsp3) is 0.200. The first kappa shape index (κ1) is 19.3. The molecule has 0 N–H and O–H groups in total. The molecule has 1 atom stereocenters. The second-order valence-electron chi connectivity index (χ2n) is 7.77. The van der Waals surface area contributed by atoms with E-state index in [1.165, 1.54) is 12.1 Å². The first-order valence-corrected chi connectivity index (χ1v) is 10.4. The van der Waals surface area contributed by atoms with Gasteiger partial charge in [0.2, 0.25) is 0 Å². The molecular formula is C25H21FN4O. The summed E-state index contributed by atoms with van der Waals surface area (Å²) in [5.41, 5.74) is 5.41. The van der Waals surface area contributed by atoms with Gasteiger partial charge in [0.05, 0.1) is 17.0 Å². The molecule has 0 radical (unpaired) electrons. The minimum absolute atomic E-state index is 0.0183. The summed E-state index contributed by atoms with van der Waals surface area (Å²) in [6.07, 6.45) is 5.90. The molecule has 5 rings (SSSR count). The highest BCUT2D eigenvalue weighted by Gasteiger charge is 2.30. The van der Waals surface area contributed by atoms with Gasteiger partial charge in [-0.1, -0.05) is 61.5 Å². The first-order chi connectivity index (χ1) is 15.1. The molecule has 0 spiro atoms. The number of fused-ring (bicyclic) bond motifs is 3. The van der Waals surface area contributed by atoms with Crippen LogP contribution in [-0.4, -0.2) is 25.6 Å². The topological polar surface area (TPSA) is 60.1 Å². The van der Waals surface area contributed by atoms with Gasteiger partial charge in [-0.15, -0.1) is 10.2 Å². The number of hydrogen-bond acceptors (Lipinski definition) is 4. The van der Waals surface area contributed by atoms with Crippen LogP contribution in [-0.2, 0) is 12.8 Å². The van der Waals surface area contributed by atoms with Crippen molar-refractivity contribution >= 4 is 17.5 Å². The van der Waals surface area contributed by atoms with Crippen LogP contribution >= 0.6 is 0 Å². The third-order valence-corrected chi connectivity index (χ3v) is 5.70. The van der Waals surface area contributed by atoms with E-state index >= 15 is 0 Å². The molecule has 4 aromatic rings. The predicted octanol–water partition coefficient (Wildman–Crippen LogP) is 4.95. The normalized spacial score (nSPS) is 16.2. The van der Waals surface area contributed by atoms with Gasteiger partial charge in [0.1, 0.15) is 5.82 Å². The van der Waals surface area contributed by atoms with Crippen LogP contribution in [0.3, 0.4) is 0 Å². The molecule has 154 valence electrons. The molecule has 1 aliphatic carbocycles. The van der Waals surface area contributed by atoms with Crippen LogP contribution in [0.25, 0.3) is 22.9 Å². The summed E-state index contributed by atoms with van der Waals surface area (Å²) in [6.45, 7) is 2.02. The number of aromatic nitrogens is 4. The third-order valence-electron chi connectivity index (χ3n) is 5.70. The number of Topliss-reactive ketones (excluding diaryl/α,β-unsaturated/α-hetero) is 1. The minimum atomic E-state index is -0.291. The van der Waals surface area contributed by atoms with Crippen molar-refractivity contribution in [2.45, 2.75) is 26.2 Å². The zero-order chi connectivity index (χ0) is 21.4. The predicted molar refractivity (Wildman–Crippen MR) is 117 cm³/mol. The SMILES string of the molecule is CCc1nn2c3c(nnc2c1-c1ccc(F)cc1)C(=O)CC(/C=C/c1ccccc1)C3. The fourth-order valence-corrected chi connectivity index (χ4v) is 4.15.